The summed E-state index contributed by atoms with van der Waals surface area (Å²) < 4.78 is 24.9. The number of ether oxygens (including phenoxy) is 1. The van der Waals surface area contributed by atoms with Crippen molar-refractivity contribution in [1.82, 2.24) is 5.32 Å². The molecule has 0 aliphatic carbocycles. The fourth-order valence-electron chi connectivity index (χ4n) is 2.65. The van der Waals surface area contributed by atoms with Crippen LogP contribution >= 0.6 is 0 Å². The second-order valence-corrected chi connectivity index (χ2v) is 5.44. The molecule has 1 fully saturated rings. The SMILES string of the molecule is Cc1c(F)cccc1-c1ccc(CNC[C@@H]2CCCO2)o1. The molecular weight excluding hydrogens is 269 g/mol. The summed E-state index contributed by atoms with van der Waals surface area (Å²) >= 11 is 0. The highest BCUT2D eigenvalue weighted by molar-refractivity contribution is 5.62. The van der Waals surface area contributed by atoms with Gasteiger partial charge in [0, 0.05) is 18.7 Å². The van der Waals surface area contributed by atoms with Gasteiger partial charge in [0.2, 0.25) is 0 Å². The number of nitrogens with one attached hydrogen (secondary N) is 1. The van der Waals surface area contributed by atoms with Crippen molar-refractivity contribution in [2.75, 3.05) is 13.2 Å². The van der Waals surface area contributed by atoms with Crippen LogP contribution in [0.3, 0.4) is 0 Å². The number of hydrogen-bond acceptors (Lipinski definition) is 3. The number of halogens is 1. The van der Waals surface area contributed by atoms with Gasteiger partial charge >= 0.3 is 0 Å². The van der Waals surface area contributed by atoms with Crippen LogP contribution in [-0.4, -0.2) is 19.3 Å². The Morgan fingerprint density at radius 2 is 2.19 bits per heavy atom. The first-order valence-corrected chi connectivity index (χ1v) is 7.40. The standard InChI is InChI=1S/C17H20FNO2/c1-12-15(5-2-6-16(12)18)17-8-7-14(21-17)11-19-10-13-4-3-9-20-13/h2,5-8,13,19H,3-4,9-11H2,1H3/t13-/m0/s1. The summed E-state index contributed by atoms with van der Waals surface area (Å²) in [5, 5.41) is 3.34. The maximum Gasteiger partial charge on any atom is 0.134 e. The minimum absolute atomic E-state index is 0.207. The average Bonchev–Trinajstić information content (AvgIpc) is 3.14. The minimum atomic E-state index is -0.207. The molecule has 1 saturated heterocycles. The van der Waals surface area contributed by atoms with Gasteiger partial charge in [0.15, 0.2) is 0 Å². The monoisotopic (exact) mass is 289 g/mol. The van der Waals surface area contributed by atoms with E-state index < -0.39 is 0 Å². The summed E-state index contributed by atoms with van der Waals surface area (Å²) in [5.41, 5.74) is 1.42. The van der Waals surface area contributed by atoms with Gasteiger partial charge in [0.1, 0.15) is 17.3 Å². The lowest BCUT2D eigenvalue weighted by atomic mass is 10.1. The van der Waals surface area contributed by atoms with E-state index in [2.05, 4.69) is 5.32 Å². The van der Waals surface area contributed by atoms with E-state index in [0.29, 0.717) is 24.0 Å². The van der Waals surface area contributed by atoms with Gasteiger partial charge in [-0.05, 0) is 43.5 Å². The van der Waals surface area contributed by atoms with Gasteiger partial charge in [-0.2, -0.15) is 0 Å². The summed E-state index contributed by atoms with van der Waals surface area (Å²) in [6.45, 7) is 4.14. The first-order chi connectivity index (χ1) is 10.2. The first kappa shape index (κ1) is 14.3. The van der Waals surface area contributed by atoms with E-state index in [1.165, 1.54) is 6.07 Å². The van der Waals surface area contributed by atoms with Crippen molar-refractivity contribution < 1.29 is 13.5 Å². The van der Waals surface area contributed by atoms with E-state index in [-0.39, 0.29) is 5.82 Å². The van der Waals surface area contributed by atoms with Crippen LogP contribution in [0.5, 0.6) is 0 Å². The number of furan rings is 1. The Labute approximate surface area is 124 Å². The Bertz CT molecular complexity index is 603. The molecule has 1 aliphatic heterocycles. The van der Waals surface area contributed by atoms with Crippen LogP contribution in [0.25, 0.3) is 11.3 Å². The third-order valence-corrected chi connectivity index (χ3v) is 3.89. The van der Waals surface area contributed by atoms with Crippen molar-refractivity contribution in [2.24, 2.45) is 0 Å². The maximum atomic E-state index is 13.6. The highest BCUT2D eigenvalue weighted by atomic mass is 19.1. The topological polar surface area (TPSA) is 34.4 Å². The van der Waals surface area contributed by atoms with Crippen molar-refractivity contribution in [3.8, 4) is 11.3 Å². The molecule has 0 amide bonds. The molecule has 1 aliphatic rings. The van der Waals surface area contributed by atoms with Crippen molar-refractivity contribution in [3.63, 3.8) is 0 Å². The van der Waals surface area contributed by atoms with Crippen LogP contribution in [0.4, 0.5) is 4.39 Å². The highest BCUT2D eigenvalue weighted by Gasteiger charge is 2.15. The Hall–Kier alpha value is -1.65. The first-order valence-electron chi connectivity index (χ1n) is 7.40. The molecule has 2 aromatic rings. The Kier molecular flexibility index (Phi) is 4.36. The van der Waals surface area contributed by atoms with Crippen LogP contribution in [0.1, 0.15) is 24.2 Å². The van der Waals surface area contributed by atoms with Gasteiger partial charge in [-0.15, -0.1) is 0 Å². The summed E-state index contributed by atoms with van der Waals surface area (Å²) in [7, 11) is 0. The van der Waals surface area contributed by atoms with Gasteiger partial charge in [0.05, 0.1) is 12.6 Å². The Balaban J connectivity index is 1.61. The molecule has 2 heterocycles. The number of hydrogen-bond donors (Lipinski definition) is 1. The average molecular weight is 289 g/mol. The smallest absolute Gasteiger partial charge is 0.134 e. The molecule has 1 N–H and O–H groups in total. The van der Waals surface area contributed by atoms with Gasteiger partial charge in [-0.3, -0.25) is 0 Å². The summed E-state index contributed by atoms with van der Waals surface area (Å²) in [6, 6.07) is 8.87. The van der Waals surface area contributed by atoms with Gasteiger partial charge < -0.3 is 14.5 Å². The van der Waals surface area contributed by atoms with E-state index in [1.54, 1.807) is 13.0 Å². The number of benzene rings is 1. The van der Waals surface area contributed by atoms with Crippen LogP contribution < -0.4 is 5.32 Å². The second kappa shape index (κ2) is 6.41. The van der Waals surface area contributed by atoms with Gasteiger partial charge in [-0.25, -0.2) is 4.39 Å². The van der Waals surface area contributed by atoms with Gasteiger partial charge in [0.25, 0.3) is 0 Å². The molecule has 4 heteroatoms. The third kappa shape index (κ3) is 3.34. The summed E-state index contributed by atoms with van der Waals surface area (Å²) in [4.78, 5) is 0. The van der Waals surface area contributed by atoms with Gasteiger partial charge in [-0.1, -0.05) is 12.1 Å². The Morgan fingerprint density at radius 1 is 1.29 bits per heavy atom. The molecule has 1 aromatic carbocycles. The fourth-order valence-corrected chi connectivity index (χ4v) is 2.65. The zero-order chi connectivity index (χ0) is 14.7. The molecular formula is C17H20FNO2. The predicted octanol–water partition coefficient (Wildman–Crippen LogP) is 3.66. The maximum absolute atomic E-state index is 13.6. The largest absolute Gasteiger partial charge is 0.460 e. The van der Waals surface area contributed by atoms with E-state index in [0.717, 1.165) is 37.3 Å². The van der Waals surface area contributed by atoms with E-state index in [4.69, 9.17) is 9.15 Å². The molecule has 0 radical (unpaired) electrons. The minimum Gasteiger partial charge on any atom is -0.460 e. The van der Waals surface area contributed by atoms with Crippen LogP contribution in [-0.2, 0) is 11.3 Å². The van der Waals surface area contributed by atoms with E-state index in [1.807, 2.05) is 18.2 Å². The number of rotatable bonds is 5. The molecule has 1 aromatic heterocycles. The molecule has 3 rings (SSSR count). The zero-order valence-corrected chi connectivity index (χ0v) is 12.2. The highest BCUT2D eigenvalue weighted by Crippen LogP contribution is 2.26. The van der Waals surface area contributed by atoms with Crippen molar-refractivity contribution in [2.45, 2.75) is 32.4 Å². The normalized spacial score (nSPS) is 18.3. The van der Waals surface area contributed by atoms with E-state index >= 15 is 0 Å². The third-order valence-electron chi connectivity index (χ3n) is 3.89. The Morgan fingerprint density at radius 3 is 3.00 bits per heavy atom. The van der Waals surface area contributed by atoms with Crippen molar-refractivity contribution in [1.29, 1.82) is 0 Å². The summed E-state index contributed by atoms with van der Waals surface area (Å²) in [5.74, 6) is 1.36. The second-order valence-electron chi connectivity index (χ2n) is 5.44. The predicted molar refractivity (Wildman–Crippen MR) is 79.5 cm³/mol. The van der Waals surface area contributed by atoms with Crippen LogP contribution in [0, 0.1) is 12.7 Å². The summed E-state index contributed by atoms with van der Waals surface area (Å²) in [6.07, 6.45) is 2.60. The molecule has 0 spiro atoms. The molecule has 1 atom stereocenters. The van der Waals surface area contributed by atoms with E-state index in [9.17, 15) is 4.39 Å². The molecule has 112 valence electrons. The molecule has 21 heavy (non-hydrogen) atoms. The van der Waals surface area contributed by atoms with Crippen LogP contribution in [0.2, 0.25) is 0 Å². The molecule has 0 unspecified atom stereocenters. The molecule has 3 nitrogen and oxygen atoms in total. The lowest BCUT2D eigenvalue weighted by molar-refractivity contribution is 0.109. The zero-order valence-electron chi connectivity index (χ0n) is 12.2. The van der Waals surface area contributed by atoms with Crippen molar-refractivity contribution in [3.05, 3.63) is 47.5 Å². The fraction of sp³-hybridized carbons (Fsp3) is 0.412. The lowest BCUT2D eigenvalue weighted by Crippen LogP contribution is -2.25. The quantitative estimate of drug-likeness (QED) is 0.912. The van der Waals surface area contributed by atoms with Crippen molar-refractivity contribution >= 4 is 0 Å². The molecule has 0 saturated carbocycles. The lowest BCUT2D eigenvalue weighted by Gasteiger charge is -2.09. The molecule has 0 bridgehead atoms. The van der Waals surface area contributed by atoms with Crippen LogP contribution in [0.15, 0.2) is 34.7 Å².